The van der Waals surface area contributed by atoms with Crippen molar-refractivity contribution in [3.63, 3.8) is 0 Å². The van der Waals surface area contributed by atoms with Gasteiger partial charge in [0, 0.05) is 46.0 Å². The van der Waals surface area contributed by atoms with Gasteiger partial charge >= 0.3 is 6.09 Å². The number of benzene rings is 2. The molecule has 35 heavy (non-hydrogen) atoms. The number of halogens is 2. The zero-order valence-electron chi connectivity index (χ0n) is 19.0. The third kappa shape index (κ3) is 4.91. The smallest absolute Gasteiger partial charge is 0.411 e. The maximum Gasteiger partial charge on any atom is 0.411 e. The predicted octanol–water partition coefficient (Wildman–Crippen LogP) is 6.76. The van der Waals surface area contributed by atoms with Crippen LogP contribution in [0, 0.1) is 12.3 Å². The second-order valence-corrected chi connectivity index (χ2v) is 9.40. The molecule has 2 heterocycles. The minimum absolute atomic E-state index is 0.344. The fourth-order valence-electron chi connectivity index (χ4n) is 4.64. The van der Waals surface area contributed by atoms with Crippen LogP contribution in [0.5, 0.6) is 5.75 Å². The number of nitrogens with zero attached hydrogens (tertiary/aromatic N) is 1. The van der Waals surface area contributed by atoms with E-state index in [4.69, 9.17) is 39.1 Å². The van der Waals surface area contributed by atoms with Crippen molar-refractivity contribution >= 4 is 40.2 Å². The predicted molar refractivity (Wildman–Crippen MR) is 139 cm³/mol. The van der Waals surface area contributed by atoms with Crippen molar-refractivity contribution in [2.75, 3.05) is 13.2 Å². The molecule has 2 aromatic carbocycles. The van der Waals surface area contributed by atoms with Crippen molar-refractivity contribution in [2.45, 2.75) is 31.4 Å². The molecule has 0 saturated heterocycles. The van der Waals surface area contributed by atoms with Gasteiger partial charge in [-0.15, -0.1) is 12.3 Å². The summed E-state index contributed by atoms with van der Waals surface area (Å²) in [5.41, 5.74) is 4.07. The van der Waals surface area contributed by atoms with Gasteiger partial charge in [-0.05, 0) is 60.0 Å². The molecule has 1 aliphatic carbocycles. The molecule has 7 heteroatoms. The van der Waals surface area contributed by atoms with Crippen LogP contribution in [0.1, 0.15) is 35.7 Å². The average molecular weight is 507 g/mol. The standard InChI is InChI=1S/C28H24Cl2N2O3/c1-2-3-16-34-21-9-4-18(5-10-21)27-26-23(24-17-20(30)8-13-25(24)31-26)14-15-32(27)28(33)35-22-11-6-19(29)7-12-22/h1,4-11,13,17,22,27,31H,3,12,14-16H2/t22?,27-/m0/s1. The Labute approximate surface area is 214 Å². The number of terminal acetylenes is 1. The first-order valence-corrected chi connectivity index (χ1v) is 12.3. The van der Waals surface area contributed by atoms with Gasteiger partial charge in [-0.1, -0.05) is 41.4 Å². The first kappa shape index (κ1) is 23.4. The fraction of sp³-hybridized carbons (Fsp3) is 0.250. The number of carbonyl (C=O) groups excluding carboxylic acids is 1. The number of aromatic nitrogens is 1. The molecular weight excluding hydrogens is 483 g/mol. The molecule has 1 N–H and O–H groups in total. The Morgan fingerprint density at radius 2 is 2.03 bits per heavy atom. The Bertz CT molecular complexity index is 1350. The summed E-state index contributed by atoms with van der Waals surface area (Å²) in [6.07, 6.45) is 11.8. The molecular formula is C28H24Cl2N2O3. The van der Waals surface area contributed by atoms with E-state index in [1.807, 2.05) is 54.6 Å². The Hall–Kier alpha value is -3.33. The maximum atomic E-state index is 13.4. The van der Waals surface area contributed by atoms with E-state index in [1.54, 1.807) is 11.0 Å². The van der Waals surface area contributed by atoms with Crippen LogP contribution in [0.15, 0.2) is 65.7 Å². The maximum absolute atomic E-state index is 13.4. The number of hydrogen-bond acceptors (Lipinski definition) is 3. The number of hydrogen-bond donors (Lipinski definition) is 1. The Morgan fingerprint density at radius 1 is 1.20 bits per heavy atom. The van der Waals surface area contributed by atoms with Gasteiger partial charge in [0.1, 0.15) is 17.9 Å². The van der Waals surface area contributed by atoms with E-state index in [2.05, 4.69) is 10.9 Å². The summed E-state index contributed by atoms with van der Waals surface area (Å²) in [4.78, 5) is 18.7. The number of carbonyl (C=O) groups is 1. The van der Waals surface area contributed by atoms with Gasteiger partial charge < -0.3 is 14.5 Å². The van der Waals surface area contributed by atoms with Crippen molar-refractivity contribution in [2.24, 2.45) is 0 Å². The summed E-state index contributed by atoms with van der Waals surface area (Å²) in [7, 11) is 0. The van der Waals surface area contributed by atoms with Gasteiger partial charge in [-0.25, -0.2) is 4.79 Å². The Morgan fingerprint density at radius 3 is 2.77 bits per heavy atom. The number of nitrogens with one attached hydrogen (secondary N) is 1. The molecule has 5 rings (SSSR count). The van der Waals surface area contributed by atoms with E-state index in [0.717, 1.165) is 33.5 Å². The highest BCUT2D eigenvalue weighted by atomic mass is 35.5. The lowest BCUT2D eigenvalue weighted by atomic mass is 9.92. The van der Waals surface area contributed by atoms with Crippen molar-refractivity contribution in [1.29, 1.82) is 0 Å². The summed E-state index contributed by atoms with van der Waals surface area (Å²) in [6, 6.07) is 13.2. The summed E-state index contributed by atoms with van der Waals surface area (Å²) >= 11 is 12.3. The van der Waals surface area contributed by atoms with Gasteiger partial charge in [-0.2, -0.15) is 0 Å². The molecule has 0 radical (unpaired) electrons. The second-order valence-electron chi connectivity index (χ2n) is 8.53. The zero-order valence-corrected chi connectivity index (χ0v) is 20.5. The number of aromatic amines is 1. The zero-order chi connectivity index (χ0) is 24.4. The molecule has 1 unspecified atom stereocenters. The molecule has 1 amide bonds. The van der Waals surface area contributed by atoms with Gasteiger partial charge in [-0.3, -0.25) is 4.90 Å². The summed E-state index contributed by atoms with van der Waals surface area (Å²) in [6.45, 7) is 0.974. The second kappa shape index (κ2) is 10.1. The summed E-state index contributed by atoms with van der Waals surface area (Å²) in [5.74, 6) is 3.30. The number of rotatable bonds is 5. The van der Waals surface area contributed by atoms with Crippen LogP contribution in [0.3, 0.4) is 0 Å². The lowest BCUT2D eigenvalue weighted by Crippen LogP contribution is -2.42. The van der Waals surface area contributed by atoms with Gasteiger partial charge in [0.25, 0.3) is 0 Å². The Kier molecular flexibility index (Phi) is 6.77. The summed E-state index contributed by atoms with van der Waals surface area (Å²) in [5, 5.41) is 2.41. The summed E-state index contributed by atoms with van der Waals surface area (Å²) < 4.78 is 11.6. The average Bonchev–Trinajstić information content (AvgIpc) is 3.23. The van der Waals surface area contributed by atoms with Crippen LogP contribution in [0.25, 0.3) is 10.9 Å². The third-order valence-corrected chi connectivity index (χ3v) is 6.82. The van der Waals surface area contributed by atoms with Crippen LogP contribution < -0.4 is 4.74 Å². The molecule has 0 fully saturated rings. The molecule has 0 saturated carbocycles. The van der Waals surface area contributed by atoms with E-state index >= 15 is 0 Å². The van der Waals surface area contributed by atoms with Gasteiger partial charge in [0.05, 0.1) is 6.61 Å². The molecule has 1 aliphatic heterocycles. The monoisotopic (exact) mass is 506 g/mol. The quantitative estimate of drug-likeness (QED) is 0.307. The van der Waals surface area contributed by atoms with Crippen LogP contribution in [0.2, 0.25) is 5.02 Å². The highest BCUT2D eigenvalue weighted by Gasteiger charge is 2.36. The third-order valence-electron chi connectivity index (χ3n) is 6.30. The van der Waals surface area contributed by atoms with Gasteiger partial charge in [0.15, 0.2) is 0 Å². The molecule has 0 bridgehead atoms. The normalized spacial score (nSPS) is 19.1. The molecule has 2 atom stereocenters. The van der Waals surface area contributed by atoms with Gasteiger partial charge in [0.2, 0.25) is 0 Å². The molecule has 0 spiro atoms. The number of fused-ring (bicyclic) bond motifs is 3. The van der Waals surface area contributed by atoms with E-state index in [9.17, 15) is 4.79 Å². The van der Waals surface area contributed by atoms with Crippen LogP contribution in [0.4, 0.5) is 4.79 Å². The topological polar surface area (TPSA) is 54.6 Å². The minimum atomic E-state index is -0.368. The van der Waals surface area contributed by atoms with E-state index in [-0.39, 0.29) is 18.2 Å². The van der Waals surface area contributed by atoms with Crippen molar-refractivity contribution in [3.8, 4) is 18.1 Å². The highest BCUT2D eigenvalue weighted by molar-refractivity contribution is 6.31. The van der Waals surface area contributed by atoms with Crippen LogP contribution in [-0.4, -0.2) is 35.2 Å². The molecule has 2 aliphatic rings. The largest absolute Gasteiger partial charge is 0.493 e. The molecule has 178 valence electrons. The lowest BCUT2D eigenvalue weighted by Gasteiger charge is -2.36. The fourth-order valence-corrected chi connectivity index (χ4v) is 4.97. The molecule has 5 nitrogen and oxygen atoms in total. The Balaban J connectivity index is 1.48. The number of H-pyrrole nitrogens is 1. The minimum Gasteiger partial charge on any atom is -0.493 e. The van der Waals surface area contributed by atoms with Crippen molar-refractivity contribution in [1.82, 2.24) is 9.88 Å². The van der Waals surface area contributed by atoms with Crippen LogP contribution in [-0.2, 0) is 11.2 Å². The number of allylic oxidation sites excluding steroid dienone is 2. The van der Waals surface area contributed by atoms with Crippen molar-refractivity contribution in [3.05, 3.63) is 87.6 Å². The van der Waals surface area contributed by atoms with Crippen LogP contribution >= 0.6 is 23.2 Å². The number of ether oxygens (including phenoxy) is 2. The number of amides is 1. The first-order valence-electron chi connectivity index (χ1n) is 11.5. The molecule has 1 aromatic heterocycles. The van der Waals surface area contributed by atoms with Crippen molar-refractivity contribution < 1.29 is 14.3 Å². The van der Waals surface area contributed by atoms with E-state index in [0.29, 0.717) is 42.5 Å². The SMILES string of the molecule is C#CCCOc1ccc([C@H]2c3[nH]c4ccc(Cl)cc4c3CCN2C(=O)OC2C=CC(Cl)=CC2)cc1. The van der Waals surface area contributed by atoms with E-state index in [1.165, 1.54) is 0 Å². The van der Waals surface area contributed by atoms with E-state index < -0.39 is 0 Å². The highest BCUT2D eigenvalue weighted by Crippen LogP contribution is 2.40. The molecule has 3 aromatic rings. The lowest BCUT2D eigenvalue weighted by molar-refractivity contribution is 0.0690. The first-order chi connectivity index (χ1) is 17.0.